The Kier molecular flexibility index (Phi) is 40.3. The molecular formula is C34H70O19. The van der Waals surface area contributed by atoms with Crippen molar-refractivity contribution in [2.75, 3.05) is 211 Å². The van der Waals surface area contributed by atoms with Crippen LogP contribution in [0.1, 0.15) is 0 Å². The molecule has 0 rings (SSSR count). The van der Waals surface area contributed by atoms with Crippen LogP contribution < -0.4 is 0 Å². The lowest BCUT2D eigenvalue weighted by atomic mass is 9.92. The molecule has 0 saturated carbocycles. The van der Waals surface area contributed by atoms with Crippen LogP contribution in [0.25, 0.3) is 0 Å². The summed E-state index contributed by atoms with van der Waals surface area (Å²) in [4.78, 5) is 0. The summed E-state index contributed by atoms with van der Waals surface area (Å²) in [6.07, 6.45) is 0. The third-order valence-corrected chi connectivity index (χ3v) is 7.17. The lowest BCUT2D eigenvalue weighted by Crippen LogP contribution is -2.40. The smallest absolute Gasteiger partial charge is 0.0701 e. The van der Waals surface area contributed by atoms with Gasteiger partial charge in [0, 0.05) is 0 Å². The molecule has 0 aromatic rings. The van der Waals surface area contributed by atoms with Gasteiger partial charge in [0.15, 0.2) is 0 Å². The third kappa shape index (κ3) is 33.1. The summed E-state index contributed by atoms with van der Waals surface area (Å²) in [5.41, 5.74) is -1.88. The zero-order valence-electron chi connectivity index (χ0n) is 31.6. The lowest BCUT2D eigenvalue weighted by Gasteiger charge is -2.29. The van der Waals surface area contributed by atoms with E-state index in [0.29, 0.717) is 106 Å². The number of ether oxygens (including phenoxy) is 13. The summed E-state index contributed by atoms with van der Waals surface area (Å²) in [7, 11) is 0. The zero-order valence-corrected chi connectivity index (χ0v) is 31.6. The number of hydrogen-bond donors (Lipinski definition) is 6. The van der Waals surface area contributed by atoms with E-state index < -0.39 is 10.8 Å². The first-order valence-corrected chi connectivity index (χ1v) is 18.2. The van der Waals surface area contributed by atoms with Gasteiger partial charge in [-0.2, -0.15) is 0 Å². The Balaban J connectivity index is 3.69. The van der Waals surface area contributed by atoms with Gasteiger partial charge in [-0.3, -0.25) is 0 Å². The predicted molar refractivity (Wildman–Crippen MR) is 188 cm³/mol. The highest BCUT2D eigenvalue weighted by Crippen LogP contribution is 2.18. The van der Waals surface area contributed by atoms with Gasteiger partial charge in [-0.05, 0) is 0 Å². The van der Waals surface area contributed by atoms with Crippen LogP contribution in [0.4, 0.5) is 0 Å². The van der Waals surface area contributed by atoms with Crippen LogP contribution in [0, 0.1) is 10.8 Å². The molecule has 0 saturated heterocycles. The summed E-state index contributed by atoms with van der Waals surface area (Å²) in [6, 6.07) is 0. The minimum absolute atomic E-state index is 0.0155. The zero-order chi connectivity index (χ0) is 38.8. The second-order valence-corrected chi connectivity index (χ2v) is 11.8. The molecule has 0 spiro atoms. The Morgan fingerprint density at radius 3 is 0.509 bits per heavy atom. The van der Waals surface area contributed by atoms with E-state index in [1.165, 1.54) is 0 Å². The van der Waals surface area contributed by atoms with Crippen LogP contribution in [0.15, 0.2) is 0 Å². The number of aliphatic hydroxyl groups is 6. The van der Waals surface area contributed by atoms with Crippen LogP contribution in [0.5, 0.6) is 0 Å². The van der Waals surface area contributed by atoms with Crippen molar-refractivity contribution in [3.05, 3.63) is 0 Å². The van der Waals surface area contributed by atoms with E-state index in [1.807, 2.05) is 0 Å². The summed E-state index contributed by atoms with van der Waals surface area (Å²) in [5, 5.41) is 56.5. The molecule has 0 aromatic heterocycles. The van der Waals surface area contributed by atoms with Crippen LogP contribution in [0.2, 0.25) is 0 Å². The molecule has 0 aliphatic carbocycles. The molecule has 19 heteroatoms. The topological polar surface area (TPSA) is 241 Å². The van der Waals surface area contributed by atoms with Gasteiger partial charge in [0.25, 0.3) is 0 Å². The van der Waals surface area contributed by atoms with Crippen LogP contribution in [-0.2, 0) is 61.6 Å². The second-order valence-electron chi connectivity index (χ2n) is 11.8. The van der Waals surface area contributed by atoms with Gasteiger partial charge < -0.3 is 92.2 Å². The largest absolute Gasteiger partial charge is 0.396 e. The first-order chi connectivity index (χ1) is 26.1. The molecule has 0 radical (unpaired) electrons. The number of hydrogen-bond acceptors (Lipinski definition) is 19. The quantitative estimate of drug-likeness (QED) is 0.0340. The van der Waals surface area contributed by atoms with Gasteiger partial charge >= 0.3 is 0 Å². The average molecular weight is 783 g/mol. The molecule has 0 fully saturated rings. The van der Waals surface area contributed by atoms with Gasteiger partial charge in [-0.15, -0.1) is 0 Å². The van der Waals surface area contributed by atoms with Crippen molar-refractivity contribution in [3.63, 3.8) is 0 Å². The normalized spacial score (nSPS) is 12.3. The highest BCUT2D eigenvalue weighted by Gasteiger charge is 2.30. The lowest BCUT2D eigenvalue weighted by molar-refractivity contribution is -0.0929. The summed E-state index contributed by atoms with van der Waals surface area (Å²) in [6.45, 7) is 6.91. The van der Waals surface area contributed by atoms with Crippen LogP contribution >= 0.6 is 0 Å². The SMILES string of the molecule is OCCOCCOCCOCCOCC(CO)(CO)COCCOCCOCCOCCOCC(CO)(CO)COCCOCCOCCOCCO. The molecule has 0 amide bonds. The molecule has 6 N–H and O–H groups in total. The van der Waals surface area contributed by atoms with Crippen LogP contribution in [-0.4, -0.2) is 242 Å². The van der Waals surface area contributed by atoms with Crippen molar-refractivity contribution in [2.45, 2.75) is 0 Å². The fraction of sp³-hybridized carbons (Fsp3) is 1.00. The Bertz CT molecular complexity index is 647. The molecule has 0 aromatic carbocycles. The van der Waals surface area contributed by atoms with Gasteiger partial charge in [0.1, 0.15) is 0 Å². The molecule has 0 aliphatic heterocycles. The first-order valence-electron chi connectivity index (χ1n) is 18.2. The maximum atomic E-state index is 9.80. The standard InChI is InChI=1S/C34H70O19/c35-1-3-41-5-7-43-9-13-46-17-21-50-29-33(25-37,26-38)31-52-23-19-48-15-11-45-12-16-49-20-24-53-32-34(27-39,28-40)30-51-22-18-47-14-10-44-8-6-42-4-2-36/h35-40H,1-32H2. The second kappa shape index (κ2) is 40.9. The molecule has 0 aliphatic rings. The highest BCUT2D eigenvalue weighted by molar-refractivity contribution is 4.78. The minimum atomic E-state index is -0.938. The number of rotatable bonds is 46. The Morgan fingerprint density at radius 1 is 0.208 bits per heavy atom. The van der Waals surface area contributed by atoms with Crippen molar-refractivity contribution >= 4 is 0 Å². The maximum Gasteiger partial charge on any atom is 0.0701 e. The van der Waals surface area contributed by atoms with Crippen molar-refractivity contribution < 1.29 is 92.2 Å². The first kappa shape index (κ1) is 52.2. The third-order valence-electron chi connectivity index (χ3n) is 7.17. The monoisotopic (exact) mass is 782 g/mol. The van der Waals surface area contributed by atoms with Crippen molar-refractivity contribution in [2.24, 2.45) is 10.8 Å². The van der Waals surface area contributed by atoms with Gasteiger partial charge in [-0.25, -0.2) is 0 Å². The van der Waals surface area contributed by atoms with E-state index in [4.69, 9.17) is 71.8 Å². The average Bonchev–Trinajstić information content (AvgIpc) is 3.18. The van der Waals surface area contributed by atoms with Gasteiger partial charge in [0.05, 0.1) is 222 Å². The summed E-state index contributed by atoms with van der Waals surface area (Å²) >= 11 is 0. The fourth-order valence-electron chi connectivity index (χ4n) is 3.93. The minimum Gasteiger partial charge on any atom is -0.396 e. The van der Waals surface area contributed by atoms with E-state index in [0.717, 1.165) is 0 Å². The molecule has 320 valence electrons. The van der Waals surface area contributed by atoms with Crippen LogP contribution in [0.3, 0.4) is 0 Å². The highest BCUT2D eigenvalue weighted by atomic mass is 16.6. The van der Waals surface area contributed by atoms with E-state index in [9.17, 15) is 20.4 Å². The van der Waals surface area contributed by atoms with Gasteiger partial charge in [0.2, 0.25) is 0 Å². The molecule has 19 nitrogen and oxygen atoms in total. The predicted octanol–water partition coefficient (Wildman–Crippen LogP) is -2.87. The molecule has 0 atom stereocenters. The van der Waals surface area contributed by atoms with Gasteiger partial charge in [-0.1, -0.05) is 0 Å². The fourth-order valence-corrected chi connectivity index (χ4v) is 3.93. The van der Waals surface area contributed by atoms with Crippen molar-refractivity contribution in [1.82, 2.24) is 0 Å². The molecular weight excluding hydrogens is 712 g/mol. The van der Waals surface area contributed by atoms with Crippen molar-refractivity contribution in [3.8, 4) is 0 Å². The Morgan fingerprint density at radius 2 is 0.358 bits per heavy atom. The van der Waals surface area contributed by atoms with E-state index in [-0.39, 0.29) is 106 Å². The molecule has 0 heterocycles. The number of aliphatic hydroxyl groups excluding tert-OH is 6. The van der Waals surface area contributed by atoms with E-state index in [1.54, 1.807) is 0 Å². The molecule has 0 bridgehead atoms. The Hall–Kier alpha value is -0.760. The van der Waals surface area contributed by atoms with E-state index in [2.05, 4.69) is 0 Å². The summed E-state index contributed by atoms with van der Waals surface area (Å²) in [5.74, 6) is 0. The maximum absolute atomic E-state index is 9.80. The van der Waals surface area contributed by atoms with E-state index >= 15 is 0 Å². The van der Waals surface area contributed by atoms with Crippen molar-refractivity contribution in [1.29, 1.82) is 0 Å². The molecule has 0 unspecified atom stereocenters. The Labute approximate surface area is 314 Å². The summed E-state index contributed by atoms with van der Waals surface area (Å²) < 4.78 is 70.5. The molecule has 53 heavy (non-hydrogen) atoms.